The molecule has 0 unspecified atom stereocenters. The highest BCUT2D eigenvalue weighted by molar-refractivity contribution is 7.89. The number of hydrogen-bond acceptors (Lipinski definition) is 4. The van der Waals surface area contributed by atoms with E-state index in [-0.39, 0.29) is 11.4 Å². The lowest BCUT2D eigenvalue weighted by atomic mass is 10.2. The third-order valence-corrected chi connectivity index (χ3v) is 7.57. The van der Waals surface area contributed by atoms with Crippen LogP contribution in [0, 0.1) is 0 Å². The summed E-state index contributed by atoms with van der Waals surface area (Å²) < 4.78 is 33.6. The Balaban J connectivity index is 1.50. The van der Waals surface area contributed by atoms with Crippen LogP contribution in [0.3, 0.4) is 0 Å². The van der Waals surface area contributed by atoms with E-state index >= 15 is 0 Å². The van der Waals surface area contributed by atoms with Gasteiger partial charge in [-0.2, -0.15) is 4.31 Å². The Labute approximate surface area is 220 Å². The summed E-state index contributed by atoms with van der Waals surface area (Å²) in [5, 5.41) is 3.48. The van der Waals surface area contributed by atoms with Crippen molar-refractivity contribution in [1.82, 2.24) is 4.31 Å². The zero-order valence-corrected chi connectivity index (χ0v) is 21.3. The number of nitrogens with one attached hydrogen (secondary N) is 1. The van der Waals surface area contributed by atoms with E-state index in [1.165, 1.54) is 18.2 Å². The number of carbonyl (C=O) groups is 1. The van der Waals surface area contributed by atoms with Crippen LogP contribution in [0.2, 0.25) is 10.0 Å². The Morgan fingerprint density at radius 2 is 1.42 bits per heavy atom. The number of anilines is 1. The monoisotopic (exact) mass is 540 g/mol. The number of benzene rings is 4. The molecule has 4 rings (SSSR count). The van der Waals surface area contributed by atoms with E-state index in [9.17, 15) is 13.2 Å². The van der Waals surface area contributed by atoms with Gasteiger partial charge in [0, 0.05) is 22.3 Å². The molecule has 9 heteroatoms. The average Bonchev–Trinajstić information content (AvgIpc) is 2.87. The molecule has 0 saturated heterocycles. The smallest absolute Gasteiger partial charge is 0.243 e. The van der Waals surface area contributed by atoms with Gasteiger partial charge < -0.3 is 10.1 Å². The highest BCUT2D eigenvalue weighted by atomic mass is 35.5. The summed E-state index contributed by atoms with van der Waals surface area (Å²) in [4.78, 5) is 13.0. The number of hydrogen-bond donors (Lipinski definition) is 1. The van der Waals surface area contributed by atoms with Gasteiger partial charge in [0.05, 0.1) is 11.4 Å². The first-order chi connectivity index (χ1) is 17.3. The van der Waals surface area contributed by atoms with Crippen LogP contribution in [0.5, 0.6) is 11.5 Å². The molecule has 4 aromatic carbocycles. The van der Waals surface area contributed by atoms with Crippen molar-refractivity contribution in [3.05, 3.63) is 119 Å². The Kier molecular flexibility index (Phi) is 8.28. The molecule has 1 amide bonds. The summed E-state index contributed by atoms with van der Waals surface area (Å²) in [7, 11) is -3.99. The second-order valence-electron chi connectivity index (χ2n) is 7.81. The van der Waals surface area contributed by atoms with Crippen molar-refractivity contribution < 1.29 is 17.9 Å². The summed E-state index contributed by atoms with van der Waals surface area (Å²) in [5.74, 6) is 0.790. The number of nitrogens with zero attached hydrogens (tertiary/aromatic N) is 1. The fourth-order valence-corrected chi connectivity index (χ4v) is 5.26. The fraction of sp³-hybridized carbons (Fsp3) is 0.0741. The van der Waals surface area contributed by atoms with Crippen LogP contribution in [0.25, 0.3) is 0 Å². The number of sulfonamides is 1. The summed E-state index contributed by atoms with van der Waals surface area (Å²) >= 11 is 12.3. The maximum absolute atomic E-state index is 13.4. The number of ether oxygens (including phenoxy) is 1. The second-order valence-corrected chi connectivity index (χ2v) is 10.6. The standard InChI is InChI=1S/C27H22Cl2N2O4S/c28-21-12-11-20(26(29)17-21)18-31(36(33,34)25-9-5-2-6-10-25)19-27(32)30-22-13-15-24(16-14-22)35-23-7-3-1-4-8-23/h1-17H,18-19H2,(H,30,32). The Bertz CT molecular complexity index is 1430. The topological polar surface area (TPSA) is 75.7 Å². The van der Waals surface area contributed by atoms with Crippen LogP contribution in [-0.2, 0) is 21.4 Å². The third-order valence-electron chi connectivity index (χ3n) is 5.18. The summed E-state index contributed by atoms with van der Waals surface area (Å²) in [6, 6.07) is 28.8. The minimum atomic E-state index is -3.99. The van der Waals surface area contributed by atoms with Crippen LogP contribution in [0.15, 0.2) is 108 Å². The molecule has 1 N–H and O–H groups in total. The maximum Gasteiger partial charge on any atom is 0.243 e. The lowest BCUT2D eigenvalue weighted by molar-refractivity contribution is -0.116. The van der Waals surface area contributed by atoms with E-state index in [1.54, 1.807) is 54.6 Å². The van der Waals surface area contributed by atoms with Gasteiger partial charge in [0.2, 0.25) is 15.9 Å². The van der Waals surface area contributed by atoms with Crippen LogP contribution < -0.4 is 10.1 Å². The first-order valence-corrected chi connectivity index (χ1v) is 13.1. The van der Waals surface area contributed by atoms with Crippen molar-refractivity contribution in [1.29, 1.82) is 0 Å². The molecule has 0 bridgehead atoms. The molecule has 0 aliphatic carbocycles. The van der Waals surface area contributed by atoms with Crippen molar-refractivity contribution in [3.8, 4) is 11.5 Å². The molecule has 0 heterocycles. The molecule has 4 aromatic rings. The van der Waals surface area contributed by atoms with Crippen molar-refractivity contribution >= 4 is 44.8 Å². The largest absolute Gasteiger partial charge is 0.457 e. The molecular weight excluding hydrogens is 519 g/mol. The first-order valence-electron chi connectivity index (χ1n) is 10.9. The van der Waals surface area contributed by atoms with E-state index in [1.807, 2.05) is 30.3 Å². The minimum Gasteiger partial charge on any atom is -0.457 e. The van der Waals surface area contributed by atoms with E-state index in [2.05, 4.69) is 5.32 Å². The summed E-state index contributed by atoms with van der Waals surface area (Å²) in [6.45, 7) is -0.525. The summed E-state index contributed by atoms with van der Waals surface area (Å²) in [5.41, 5.74) is 1.03. The Hall–Kier alpha value is -3.36. The van der Waals surface area contributed by atoms with Crippen LogP contribution in [0.4, 0.5) is 5.69 Å². The molecule has 6 nitrogen and oxygen atoms in total. The average molecular weight is 541 g/mol. The molecule has 0 spiro atoms. The summed E-state index contributed by atoms with van der Waals surface area (Å²) in [6.07, 6.45) is 0. The maximum atomic E-state index is 13.4. The van der Waals surface area contributed by atoms with Gasteiger partial charge >= 0.3 is 0 Å². The zero-order valence-electron chi connectivity index (χ0n) is 19.0. The van der Waals surface area contributed by atoms with Crippen LogP contribution in [-0.4, -0.2) is 25.2 Å². The van der Waals surface area contributed by atoms with E-state index in [0.29, 0.717) is 32.8 Å². The molecule has 184 valence electrons. The lowest BCUT2D eigenvalue weighted by Crippen LogP contribution is -2.37. The highest BCUT2D eigenvalue weighted by Gasteiger charge is 2.27. The Morgan fingerprint density at radius 1 is 0.806 bits per heavy atom. The molecule has 0 saturated carbocycles. The van der Waals surface area contributed by atoms with Crippen molar-refractivity contribution in [3.63, 3.8) is 0 Å². The van der Waals surface area contributed by atoms with Gasteiger partial charge in [0.15, 0.2) is 0 Å². The Morgan fingerprint density at radius 3 is 2.06 bits per heavy atom. The molecule has 36 heavy (non-hydrogen) atoms. The fourth-order valence-electron chi connectivity index (χ4n) is 3.40. The quantitative estimate of drug-likeness (QED) is 0.259. The lowest BCUT2D eigenvalue weighted by Gasteiger charge is -2.22. The van der Waals surface area contributed by atoms with Gasteiger partial charge in [-0.15, -0.1) is 0 Å². The van der Waals surface area contributed by atoms with Crippen molar-refractivity contribution in [2.45, 2.75) is 11.4 Å². The molecular formula is C27H22Cl2N2O4S. The number of rotatable bonds is 9. The SMILES string of the molecule is O=C(CN(Cc1ccc(Cl)cc1Cl)S(=O)(=O)c1ccccc1)Nc1ccc(Oc2ccccc2)cc1. The molecule has 0 aliphatic heterocycles. The van der Waals surface area contributed by atoms with Gasteiger partial charge in [-0.05, 0) is 66.2 Å². The predicted molar refractivity (Wildman–Crippen MR) is 142 cm³/mol. The predicted octanol–water partition coefficient (Wildman–Crippen LogP) is 6.62. The molecule has 0 fully saturated rings. The van der Waals surface area contributed by atoms with E-state index < -0.39 is 22.5 Å². The zero-order chi connectivity index (χ0) is 25.5. The highest BCUT2D eigenvalue weighted by Crippen LogP contribution is 2.26. The third kappa shape index (κ3) is 6.65. The second kappa shape index (κ2) is 11.6. The molecule has 0 aromatic heterocycles. The van der Waals surface area contributed by atoms with E-state index in [0.717, 1.165) is 4.31 Å². The van der Waals surface area contributed by atoms with Gasteiger partial charge in [0.1, 0.15) is 11.5 Å². The number of para-hydroxylation sites is 1. The molecule has 0 atom stereocenters. The first kappa shape index (κ1) is 25.7. The number of halogens is 2. The normalized spacial score (nSPS) is 11.3. The van der Waals surface area contributed by atoms with Crippen molar-refractivity contribution in [2.75, 3.05) is 11.9 Å². The van der Waals surface area contributed by atoms with Gasteiger partial charge in [-0.1, -0.05) is 65.7 Å². The van der Waals surface area contributed by atoms with Crippen LogP contribution in [0.1, 0.15) is 5.56 Å². The molecule has 0 aliphatic rings. The van der Waals surface area contributed by atoms with Crippen LogP contribution >= 0.6 is 23.2 Å². The number of carbonyl (C=O) groups excluding carboxylic acids is 1. The number of amides is 1. The van der Waals surface area contributed by atoms with Gasteiger partial charge in [-0.25, -0.2) is 8.42 Å². The van der Waals surface area contributed by atoms with Gasteiger partial charge in [0.25, 0.3) is 0 Å². The van der Waals surface area contributed by atoms with Gasteiger partial charge in [-0.3, -0.25) is 4.79 Å². The van der Waals surface area contributed by atoms with Crippen molar-refractivity contribution in [2.24, 2.45) is 0 Å². The minimum absolute atomic E-state index is 0.0744. The molecule has 0 radical (unpaired) electrons. The van der Waals surface area contributed by atoms with E-state index in [4.69, 9.17) is 27.9 Å².